The molecule has 2 rings (SSSR count). The molecule has 21 heavy (non-hydrogen) atoms. The van der Waals surface area contributed by atoms with Crippen LogP contribution in [0.25, 0.3) is 0 Å². The lowest BCUT2D eigenvalue weighted by Crippen LogP contribution is -2.27. The Morgan fingerprint density at radius 1 is 1.38 bits per heavy atom. The van der Waals surface area contributed by atoms with E-state index in [9.17, 15) is 0 Å². The third-order valence-electron chi connectivity index (χ3n) is 3.52. The number of nitrogens with zero attached hydrogens (tertiary/aromatic N) is 4. The summed E-state index contributed by atoms with van der Waals surface area (Å²) in [5, 5.41) is 12.5. The zero-order valence-corrected chi connectivity index (χ0v) is 13.7. The molecule has 1 N–H and O–H groups in total. The van der Waals surface area contributed by atoms with Crippen LogP contribution in [-0.4, -0.2) is 33.2 Å². The summed E-state index contributed by atoms with van der Waals surface area (Å²) in [6.07, 6.45) is 1.78. The molecule has 0 spiro atoms. The van der Waals surface area contributed by atoms with Gasteiger partial charge in [-0.2, -0.15) is 10.2 Å². The van der Waals surface area contributed by atoms with Crippen molar-refractivity contribution in [3.05, 3.63) is 29.3 Å². The lowest BCUT2D eigenvalue weighted by Gasteiger charge is -2.22. The lowest BCUT2D eigenvalue weighted by atomic mass is 10.1. The summed E-state index contributed by atoms with van der Waals surface area (Å²) in [6.45, 7) is 9.18. The van der Waals surface area contributed by atoms with Crippen molar-refractivity contribution in [3.8, 4) is 5.75 Å². The number of hydrogen-bond acceptors (Lipinski definition) is 4. The average molecular weight is 291 g/mol. The highest BCUT2D eigenvalue weighted by atomic mass is 16.5. The Morgan fingerprint density at radius 2 is 2.10 bits per heavy atom. The topological polar surface area (TPSA) is 56.9 Å². The smallest absolute Gasteiger partial charge is 0.162 e. The van der Waals surface area contributed by atoms with E-state index in [0.717, 1.165) is 29.4 Å². The maximum Gasteiger partial charge on any atom is 0.162 e. The minimum atomic E-state index is 0.000972. The molecular weight excluding hydrogens is 266 g/mol. The third kappa shape index (κ3) is 2.95. The molecule has 2 aromatic heterocycles. The fourth-order valence-electron chi connectivity index (χ4n) is 2.65. The van der Waals surface area contributed by atoms with Gasteiger partial charge < -0.3 is 10.1 Å². The van der Waals surface area contributed by atoms with E-state index < -0.39 is 0 Å². The van der Waals surface area contributed by atoms with Gasteiger partial charge in [0.25, 0.3) is 0 Å². The molecular formula is C15H25N5O. The van der Waals surface area contributed by atoms with Crippen LogP contribution in [0, 0.1) is 6.92 Å². The second-order valence-electron chi connectivity index (χ2n) is 5.46. The molecule has 0 bridgehead atoms. The minimum Gasteiger partial charge on any atom is -0.493 e. The van der Waals surface area contributed by atoms with Gasteiger partial charge in [0.15, 0.2) is 5.75 Å². The number of ether oxygens (including phenoxy) is 1. The van der Waals surface area contributed by atoms with Crippen molar-refractivity contribution in [2.24, 2.45) is 7.05 Å². The van der Waals surface area contributed by atoms with Crippen LogP contribution in [0.3, 0.4) is 0 Å². The highest BCUT2D eigenvalue weighted by molar-refractivity contribution is 5.35. The summed E-state index contributed by atoms with van der Waals surface area (Å²) in [5.74, 6) is 0.800. The van der Waals surface area contributed by atoms with Gasteiger partial charge in [0, 0.05) is 13.1 Å². The van der Waals surface area contributed by atoms with Crippen LogP contribution in [0.4, 0.5) is 0 Å². The Morgan fingerprint density at radius 3 is 2.57 bits per heavy atom. The molecule has 2 heterocycles. The van der Waals surface area contributed by atoms with Crippen LogP contribution in [0.1, 0.15) is 49.9 Å². The fourth-order valence-corrected chi connectivity index (χ4v) is 2.65. The van der Waals surface area contributed by atoms with Crippen LogP contribution < -0.4 is 10.1 Å². The summed E-state index contributed by atoms with van der Waals surface area (Å²) >= 11 is 0. The average Bonchev–Trinajstić information content (AvgIpc) is 2.99. The van der Waals surface area contributed by atoms with Crippen molar-refractivity contribution in [2.75, 3.05) is 13.7 Å². The zero-order chi connectivity index (χ0) is 15.6. The quantitative estimate of drug-likeness (QED) is 0.886. The number of rotatable bonds is 6. The molecule has 0 aliphatic carbocycles. The largest absolute Gasteiger partial charge is 0.493 e. The molecule has 0 aliphatic heterocycles. The summed E-state index contributed by atoms with van der Waals surface area (Å²) in [4.78, 5) is 0. The number of aryl methyl sites for hydroxylation is 2. The molecule has 6 heteroatoms. The van der Waals surface area contributed by atoms with E-state index in [4.69, 9.17) is 4.74 Å². The summed E-state index contributed by atoms with van der Waals surface area (Å²) in [7, 11) is 3.65. The molecule has 1 unspecified atom stereocenters. The highest BCUT2D eigenvalue weighted by Crippen LogP contribution is 2.31. The molecule has 6 nitrogen and oxygen atoms in total. The van der Waals surface area contributed by atoms with E-state index in [1.165, 1.54) is 0 Å². The first kappa shape index (κ1) is 15.6. The Bertz CT molecular complexity index is 599. The van der Waals surface area contributed by atoms with Crippen molar-refractivity contribution in [1.29, 1.82) is 0 Å². The third-order valence-corrected chi connectivity index (χ3v) is 3.52. The first-order chi connectivity index (χ1) is 9.99. The molecule has 0 fully saturated rings. The van der Waals surface area contributed by atoms with E-state index in [0.29, 0.717) is 0 Å². The monoisotopic (exact) mass is 291 g/mol. The van der Waals surface area contributed by atoms with Crippen molar-refractivity contribution in [1.82, 2.24) is 24.9 Å². The summed E-state index contributed by atoms with van der Waals surface area (Å²) < 4.78 is 9.44. The van der Waals surface area contributed by atoms with Crippen LogP contribution in [0.5, 0.6) is 5.75 Å². The van der Waals surface area contributed by atoms with Gasteiger partial charge in [-0.3, -0.25) is 9.36 Å². The maximum atomic E-state index is 5.52. The van der Waals surface area contributed by atoms with Gasteiger partial charge in [-0.25, -0.2) is 0 Å². The zero-order valence-electron chi connectivity index (χ0n) is 13.7. The Kier molecular flexibility index (Phi) is 4.67. The fraction of sp³-hybridized carbons (Fsp3) is 0.600. The van der Waals surface area contributed by atoms with Gasteiger partial charge in [0.05, 0.1) is 30.7 Å². The van der Waals surface area contributed by atoms with Crippen molar-refractivity contribution < 1.29 is 4.74 Å². The molecule has 0 aliphatic rings. The minimum absolute atomic E-state index is 0.000972. The first-order valence-corrected chi connectivity index (χ1v) is 7.34. The van der Waals surface area contributed by atoms with E-state index in [2.05, 4.69) is 42.4 Å². The normalized spacial score (nSPS) is 12.9. The van der Waals surface area contributed by atoms with Gasteiger partial charge in [0.1, 0.15) is 5.69 Å². The van der Waals surface area contributed by atoms with Crippen LogP contribution >= 0.6 is 0 Å². The van der Waals surface area contributed by atoms with E-state index >= 15 is 0 Å². The van der Waals surface area contributed by atoms with E-state index in [1.807, 2.05) is 23.3 Å². The SMILES string of the molecule is CCNC(c1cc(C)nn1C)c1c(OC)cnn1C(C)C. The molecule has 2 aromatic rings. The van der Waals surface area contributed by atoms with E-state index in [-0.39, 0.29) is 12.1 Å². The lowest BCUT2D eigenvalue weighted by molar-refractivity contribution is 0.391. The van der Waals surface area contributed by atoms with Gasteiger partial charge in [-0.15, -0.1) is 0 Å². The first-order valence-electron chi connectivity index (χ1n) is 7.34. The Balaban J connectivity index is 2.57. The van der Waals surface area contributed by atoms with Crippen LogP contribution in [-0.2, 0) is 7.05 Å². The standard InChI is InChI=1S/C15H25N5O/c1-7-16-14(12-8-11(4)18-19(12)5)15-13(21-6)9-17-20(15)10(2)3/h8-10,14,16H,7H2,1-6H3. The number of nitrogens with one attached hydrogen (secondary N) is 1. The van der Waals surface area contributed by atoms with Crippen LogP contribution in [0.15, 0.2) is 12.3 Å². The Hall–Kier alpha value is -1.82. The number of methoxy groups -OCH3 is 1. The van der Waals surface area contributed by atoms with E-state index in [1.54, 1.807) is 13.3 Å². The molecule has 0 radical (unpaired) electrons. The maximum absolute atomic E-state index is 5.52. The van der Waals surface area contributed by atoms with Gasteiger partial charge >= 0.3 is 0 Å². The second-order valence-corrected chi connectivity index (χ2v) is 5.46. The number of hydrogen-bond donors (Lipinski definition) is 1. The van der Waals surface area contributed by atoms with Crippen molar-refractivity contribution in [3.63, 3.8) is 0 Å². The summed E-state index contributed by atoms with van der Waals surface area (Å²) in [5.41, 5.74) is 3.15. The van der Waals surface area contributed by atoms with Crippen LogP contribution in [0.2, 0.25) is 0 Å². The predicted molar refractivity (Wildman–Crippen MR) is 82.6 cm³/mol. The molecule has 0 saturated heterocycles. The molecule has 1 atom stereocenters. The second kappa shape index (κ2) is 6.30. The molecule has 0 amide bonds. The molecule has 0 saturated carbocycles. The highest BCUT2D eigenvalue weighted by Gasteiger charge is 2.26. The summed E-state index contributed by atoms with van der Waals surface area (Å²) in [6, 6.07) is 2.37. The molecule has 116 valence electrons. The van der Waals surface area contributed by atoms with Crippen molar-refractivity contribution >= 4 is 0 Å². The Labute approximate surface area is 126 Å². The van der Waals surface area contributed by atoms with Crippen molar-refractivity contribution in [2.45, 2.75) is 39.8 Å². The van der Waals surface area contributed by atoms with Gasteiger partial charge in [0.2, 0.25) is 0 Å². The predicted octanol–water partition coefficient (Wildman–Crippen LogP) is 2.21. The van der Waals surface area contributed by atoms with Gasteiger partial charge in [-0.1, -0.05) is 6.92 Å². The molecule has 0 aromatic carbocycles. The number of aromatic nitrogens is 4. The van der Waals surface area contributed by atoms with Gasteiger partial charge in [-0.05, 0) is 33.4 Å².